The van der Waals surface area contributed by atoms with Crippen LogP contribution in [-0.4, -0.2) is 22.0 Å². The molecular weight excluding hydrogens is 234 g/mol. The van der Waals surface area contributed by atoms with Gasteiger partial charge in [-0.3, -0.25) is 0 Å². The second-order valence-corrected chi connectivity index (χ2v) is 6.62. The quantitative estimate of drug-likeness (QED) is 0.613. The van der Waals surface area contributed by atoms with Crippen LogP contribution < -0.4 is 0 Å². The van der Waals surface area contributed by atoms with E-state index in [2.05, 4.69) is 4.40 Å². The molecule has 1 aromatic rings. The molecule has 17 heavy (non-hydrogen) atoms. The molecule has 0 radical (unpaired) electrons. The van der Waals surface area contributed by atoms with Crippen LogP contribution in [0.2, 0.25) is 0 Å². The third kappa shape index (κ3) is 4.69. The smallest absolute Gasteiger partial charge is 0.201 e. The molecular formula is C13H19NO2S. The van der Waals surface area contributed by atoms with Gasteiger partial charge in [-0.15, -0.1) is 0 Å². The standard InChI is InChI=1S/C13H19NO2S/c1-13(2,3)17(15)14-12(16-4)10-11-8-6-5-7-9-11/h5-9H,10H2,1-4H3/b14-12-. The Labute approximate surface area is 106 Å². The molecule has 1 aromatic carbocycles. The first-order chi connectivity index (χ1) is 7.93. The van der Waals surface area contributed by atoms with Gasteiger partial charge in [0.2, 0.25) is 5.90 Å². The summed E-state index contributed by atoms with van der Waals surface area (Å²) in [5.74, 6) is 0.504. The van der Waals surface area contributed by atoms with Crippen LogP contribution in [0.15, 0.2) is 34.7 Å². The van der Waals surface area contributed by atoms with Gasteiger partial charge in [0.15, 0.2) is 0 Å². The van der Waals surface area contributed by atoms with Crippen LogP contribution in [0.3, 0.4) is 0 Å². The summed E-state index contributed by atoms with van der Waals surface area (Å²) in [5, 5.41) is 0. The van der Waals surface area contributed by atoms with E-state index in [-0.39, 0.29) is 4.75 Å². The molecule has 0 saturated heterocycles. The number of hydrogen-bond donors (Lipinski definition) is 0. The van der Waals surface area contributed by atoms with Crippen molar-refractivity contribution in [2.45, 2.75) is 31.9 Å². The van der Waals surface area contributed by atoms with Gasteiger partial charge < -0.3 is 4.74 Å². The van der Waals surface area contributed by atoms with Gasteiger partial charge in [0, 0.05) is 6.42 Å². The molecule has 0 aliphatic rings. The molecule has 0 aliphatic carbocycles. The van der Waals surface area contributed by atoms with Crippen molar-refractivity contribution in [2.24, 2.45) is 4.40 Å². The second-order valence-electron chi connectivity index (χ2n) is 4.71. The SMILES string of the molecule is CO/C(Cc1ccccc1)=N\S(=O)C(C)(C)C. The van der Waals surface area contributed by atoms with Crippen LogP contribution in [0.4, 0.5) is 0 Å². The Kier molecular flexibility index (Phi) is 4.87. The molecule has 0 N–H and O–H groups in total. The summed E-state index contributed by atoms with van der Waals surface area (Å²) >= 11 is 0. The Hall–Kier alpha value is -1.16. The molecule has 0 spiro atoms. The summed E-state index contributed by atoms with van der Waals surface area (Å²) in [6.45, 7) is 5.67. The van der Waals surface area contributed by atoms with Crippen LogP contribution in [0.25, 0.3) is 0 Å². The van der Waals surface area contributed by atoms with Gasteiger partial charge in [-0.05, 0) is 26.3 Å². The van der Waals surface area contributed by atoms with Crippen molar-refractivity contribution in [1.82, 2.24) is 0 Å². The van der Waals surface area contributed by atoms with E-state index in [1.807, 2.05) is 51.1 Å². The summed E-state index contributed by atoms with van der Waals surface area (Å²) in [4.78, 5) is 0. The molecule has 0 amide bonds. The lowest BCUT2D eigenvalue weighted by molar-refractivity contribution is 0.395. The van der Waals surface area contributed by atoms with Gasteiger partial charge in [0.05, 0.1) is 11.9 Å². The average Bonchev–Trinajstić information content (AvgIpc) is 2.28. The van der Waals surface area contributed by atoms with Gasteiger partial charge in [0.25, 0.3) is 0 Å². The number of rotatable bonds is 3. The third-order valence-electron chi connectivity index (χ3n) is 2.14. The highest BCUT2D eigenvalue weighted by molar-refractivity contribution is 7.85. The summed E-state index contributed by atoms with van der Waals surface area (Å²) in [6.07, 6.45) is 0.569. The Morgan fingerprint density at radius 2 is 1.88 bits per heavy atom. The fourth-order valence-corrected chi connectivity index (χ4v) is 1.74. The molecule has 0 heterocycles. The van der Waals surface area contributed by atoms with Crippen LogP contribution in [0.1, 0.15) is 26.3 Å². The fourth-order valence-electron chi connectivity index (χ4n) is 1.14. The lowest BCUT2D eigenvalue weighted by Crippen LogP contribution is -2.21. The van der Waals surface area contributed by atoms with Crippen molar-refractivity contribution in [3.63, 3.8) is 0 Å². The molecule has 94 valence electrons. The fraction of sp³-hybridized carbons (Fsp3) is 0.462. The number of nitrogens with zero attached hydrogens (tertiary/aromatic N) is 1. The molecule has 1 unspecified atom stereocenters. The largest absolute Gasteiger partial charge is 0.483 e. The first-order valence-corrected chi connectivity index (χ1v) is 6.61. The van der Waals surface area contributed by atoms with Gasteiger partial charge >= 0.3 is 0 Å². The van der Waals surface area contributed by atoms with Crippen molar-refractivity contribution in [1.29, 1.82) is 0 Å². The zero-order valence-corrected chi connectivity index (χ0v) is 11.6. The molecule has 0 aromatic heterocycles. The van der Waals surface area contributed by atoms with Gasteiger partial charge in [-0.25, -0.2) is 4.21 Å². The van der Waals surface area contributed by atoms with E-state index in [4.69, 9.17) is 4.74 Å². The predicted octanol–water partition coefficient (Wildman–Crippen LogP) is 2.74. The van der Waals surface area contributed by atoms with Crippen LogP contribution >= 0.6 is 0 Å². The van der Waals surface area contributed by atoms with Gasteiger partial charge in [-0.1, -0.05) is 30.3 Å². The molecule has 0 saturated carbocycles. The minimum absolute atomic E-state index is 0.361. The molecule has 0 fully saturated rings. The molecule has 1 rings (SSSR count). The number of ether oxygens (including phenoxy) is 1. The highest BCUT2D eigenvalue weighted by atomic mass is 32.2. The first kappa shape index (κ1) is 13.9. The Bertz CT molecular complexity index is 407. The minimum atomic E-state index is -1.28. The average molecular weight is 253 g/mol. The number of benzene rings is 1. The monoisotopic (exact) mass is 253 g/mol. The Morgan fingerprint density at radius 3 is 2.35 bits per heavy atom. The summed E-state index contributed by atoms with van der Waals surface area (Å²) in [5.41, 5.74) is 1.10. The van der Waals surface area contributed by atoms with Crippen molar-refractivity contribution in [2.75, 3.05) is 7.11 Å². The summed E-state index contributed by atoms with van der Waals surface area (Å²) in [7, 11) is 0.279. The van der Waals surface area contributed by atoms with Crippen LogP contribution in [0.5, 0.6) is 0 Å². The molecule has 0 bridgehead atoms. The van der Waals surface area contributed by atoms with Crippen molar-refractivity contribution >= 4 is 16.9 Å². The zero-order chi connectivity index (χ0) is 12.9. The predicted molar refractivity (Wildman–Crippen MR) is 72.5 cm³/mol. The zero-order valence-electron chi connectivity index (χ0n) is 10.8. The summed E-state index contributed by atoms with van der Waals surface area (Å²) < 4.78 is 20.8. The Morgan fingerprint density at radius 1 is 1.29 bits per heavy atom. The minimum Gasteiger partial charge on any atom is -0.483 e. The van der Waals surface area contributed by atoms with E-state index in [0.717, 1.165) is 5.56 Å². The maximum Gasteiger partial charge on any atom is 0.201 e. The maximum atomic E-state index is 11.9. The molecule has 3 nitrogen and oxygen atoms in total. The van der Waals surface area contributed by atoms with E-state index in [1.54, 1.807) is 7.11 Å². The normalized spacial score (nSPS) is 14.5. The lowest BCUT2D eigenvalue weighted by Gasteiger charge is -2.14. The molecule has 1 atom stereocenters. The van der Waals surface area contributed by atoms with E-state index < -0.39 is 11.0 Å². The third-order valence-corrected chi connectivity index (χ3v) is 3.56. The maximum absolute atomic E-state index is 11.9. The van der Waals surface area contributed by atoms with Crippen LogP contribution in [0, 0.1) is 0 Å². The van der Waals surface area contributed by atoms with E-state index in [1.165, 1.54) is 0 Å². The van der Waals surface area contributed by atoms with Gasteiger partial charge in [-0.2, -0.15) is 4.40 Å². The summed E-state index contributed by atoms with van der Waals surface area (Å²) in [6, 6.07) is 9.87. The highest BCUT2D eigenvalue weighted by Crippen LogP contribution is 2.13. The van der Waals surface area contributed by atoms with Crippen molar-refractivity contribution < 1.29 is 8.95 Å². The molecule has 0 aliphatic heterocycles. The van der Waals surface area contributed by atoms with Gasteiger partial charge in [0.1, 0.15) is 11.0 Å². The molecule has 4 heteroatoms. The Balaban J connectivity index is 2.79. The lowest BCUT2D eigenvalue weighted by atomic mass is 10.1. The van der Waals surface area contributed by atoms with Crippen molar-refractivity contribution in [3.8, 4) is 0 Å². The highest BCUT2D eigenvalue weighted by Gasteiger charge is 2.20. The van der Waals surface area contributed by atoms with Crippen LogP contribution in [-0.2, 0) is 22.1 Å². The number of hydrogen-bond acceptors (Lipinski definition) is 2. The second kappa shape index (κ2) is 5.96. The van der Waals surface area contributed by atoms with E-state index >= 15 is 0 Å². The van der Waals surface area contributed by atoms with E-state index in [9.17, 15) is 4.21 Å². The topological polar surface area (TPSA) is 38.7 Å². The number of methoxy groups -OCH3 is 1. The first-order valence-electron chi connectivity index (χ1n) is 5.51. The van der Waals surface area contributed by atoms with E-state index in [0.29, 0.717) is 12.3 Å². The van der Waals surface area contributed by atoms with Crippen molar-refractivity contribution in [3.05, 3.63) is 35.9 Å².